The molecular formula is C10H10N2O2. The summed E-state index contributed by atoms with van der Waals surface area (Å²) >= 11 is 0. The number of nitro groups is 1. The maximum atomic E-state index is 10.5. The van der Waals surface area contributed by atoms with E-state index in [9.17, 15) is 10.1 Å². The molecule has 4 nitrogen and oxygen atoms in total. The van der Waals surface area contributed by atoms with E-state index in [1.807, 2.05) is 0 Å². The first-order chi connectivity index (χ1) is 6.56. The summed E-state index contributed by atoms with van der Waals surface area (Å²) in [6.45, 7) is 3.39. The van der Waals surface area contributed by atoms with Crippen molar-refractivity contribution in [3.05, 3.63) is 33.4 Å². The number of anilines is 1. The standard InChI is InChI=1S/C10H10N2O2/c1-3-4-8-6-9(12(13)14)5-7(2)10(8)11/h5-6H,11H2,1-2H3. The van der Waals surface area contributed by atoms with Crippen molar-refractivity contribution in [2.24, 2.45) is 0 Å². The highest BCUT2D eigenvalue weighted by atomic mass is 16.6. The number of nitrogen functional groups attached to an aromatic ring is 1. The monoisotopic (exact) mass is 190 g/mol. The molecule has 0 amide bonds. The topological polar surface area (TPSA) is 69.2 Å². The quantitative estimate of drug-likeness (QED) is 0.318. The number of benzene rings is 1. The number of non-ortho nitro benzene ring substituents is 1. The van der Waals surface area contributed by atoms with Crippen LogP contribution in [-0.2, 0) is 0 Å². The van der Waals surface area contributed by atoms with Crippen LogP contribution < -0.4 is 5.73 Å². The molecule has 0 unspecified atom stereocenters. The summed E-state index contributed by atoms with van der Waals surface area (Å²) in [7, 11) is 0. The van der Waals surface area contributed by atoms with Gasteiger partial charge in [-0.05, 0) is 19.4 Å². The lowest BCUT2D eigenvalue weighted by atomic mass is 10.1. The summed E-state index contributed by atoms with van der Waals surface area (Å²) in [5.41, 5.74) is 7.43. The summed E-state index contributed by atoms with van der Waals surface area (Å²) in [6.07, 6.45) is 0. The number of nitrogens with zero attached hydrogens (tertiary/aromatic N) is 1. The van der Waals surface area contributed by atoms with Crippen LogP contribution >= 0.6 is 0 Å². The molecule has 0 aromatic heterocycles. The van der Waals surface area contributed by atoms with Gasteiger partial charge in [-0.25, -0.2) is 0 Å². The molecule has 0 aliphatic rings. The third kappa shape index (κ3) is 1.83. The van der Waals surface area contributed by atoms with E-state index >= 15 is 0 Å². The highest BCUT2D eigenvalue weighted by molar-refractivity contribution is 5.64. The molecule has 0 saturated carbocycles. The zero-order valence-electron chi connectivity index (χ0n) is 8.00. The molecule has 0 spiro atoms. The van der Waals surface area contributed by atoms with Gasteiger partial charge in [0.2, 0.25) is 0 Å². The van der Waals surface area contributed by atoms with Gasteiger partial charge >= 0.3 is 0 Å². The Morgan fingerprint density at radius 1 is 1.50 bits per heavy atom. The molecule has 0 radical (unpaired) electrons. The minimum Gasteiger partial charge on any atom is -0.397 e. The Labute approximate surface area is 81.9 Å². The van der Waals surface area contributed by atoms with E-state index in [-0.39, 0.29) is 5.69 Å². The number of aryl methyl sites for hydroxylation is 1. The zero-order valence-corrected chi connectivity index (χ0v) is 8.00. The maximum absolute atomic E-state index is 10.5. The molecule has 0 saturated heterocycles. The SMILES string of the molecule is CC#Cc1cc([N+](=O)[O-])cc(C)c1N. The lowest BCUT2D eigenvalue weighted by molar-refractivity contribution is -0.384. The predicted octanol–water partition coefficient (Wildman–Crippen LogP) is 1.86. The smallest absolute Gasteiger partial charge is 0.271 e. The molecule has 0 bridgehead atoms. The van der Waals surface area contributed by atoms with Gasteiger partial charge in [0.25, 0.3) is 5.69 Å². The van der Waals surface area contributed by atoms with E-state index in [4.69, 9.17) is 5.73 Å². The molecule has 0 heterocycles. The van der Waals surface area contributed by atoms with Crippen molar-refractivity contribution in [1.29, 1.82) is 0 Å². The maximum Gasteiger partial charge on any atom is 0.271 e. The average molecular weight is 190 g/mol. The second-order valence-corrected chi connectivity index (χ2v) is 2.86. The molecule has 1 aromatic carbocycles. The zero-order chi connectivity index (χ0) is 10.7. The summed E-state index contributed by atoms with van der Waals surface area (Å²) in [6, 6.07) is 2.83. The third-order valence-electron chi connectivity index (χ3n) is 1.84. The largest absolute Gasteiger partial charge is 0.397 e. The number of hydrogen-bond donors (Lipinski definition) is 1. The Hall–Kier alpha value is -2.02. The van der Waals surface area contributed by atoms with E-state index in [1.165, 1.54) is 12.1 Å². The summed E-state index contributed by atoms with van der Waals surface area (Å²) < 4.78 is 0. The fourth-order valence-electron chi connectivity index (χ4n) is 1.12. The molecule has 1 aromatic rings. The van der Waals surface area contributed by atoms with E-state index in [0.29, 0.717) is 16.8 Å². The van der Waals surface area contributed by atoms with Crippen LogP contribution in [0.1, 0.15) is 18.1 Å². The molecule has 72 valence electrons. The van der Waals surface area contributed by atoms with Gasteiger partial charge in [-0.2, -0.15) is 0 Å². The van der Waals surface area contributed by atoms with Crippen molar-refractivity contribution < 1.29 is 4.92 Å². The summed E-state index contributed by atoms with van der Waals surface area (Å²) in [4.78, 5) is 10.1. The molecule has 0 aliphatic heterocycles. The average Bonchev–Trinajstić information content (AvgIpc) is 2.12. The molecule has 0 fully saturated rings. The van der Waals surface area contributed by atoms with E-state index in [2.05, 4.69) is 11.8 Å². The first-order valence-electron chi connectivity index (χ1n) is 4.03. The summed E-state index contributed by atoms with van der Waals surface area (Å²) in [5, 5.41) is 10.5. The van der Waals surface area contributed by atoms with Crippen LogP contribution in [0.3, 0.4) is 0 Å². The van der Waals surface area contributed by atoms with Crippen molar-refractivity contribution in [2.75, 3.05) is 5.73 Å². The van der Waals surface area contributed by atoms with Crippen LogP contribution in [0, 0.1) is 28.9 Å². The second-order valence-electron chi connectivity index (χ2n) is 2.86. The van der Waals surface area contributed by atoms with E-state index in [0.717, 1.165) is 0 Å². The highest BCUT2D eigenvalue weighted by Crippen LogP contribution is 2.23. The van der Waals surface area contributed by atoms with Crippen molar-refractivity contribution in [1.82, 2.24) is 0 Å². The lowest BCUT2D eigenvalue weighted by Gasteiger charge is -2.02. The van der Waals surface area contributed by atoms with Crippen LogP contribution in [0.5, 0.6) is 0 Å². The molecule has 0 aliphatic carbocycles. The fraction of sp³-hybridized carbons (Fsp3) is 0.200. The molecule has 0 atom stereocenters. The Kier molecular flexibility index (Phi) is 2.73. The van der Waals surface area contributed by atoms with Crippen LogP contribution in [-0.4, -0.2) is 4.92 Å². The van der Waals surface area contributed by atoms with Crippen molar-refractivity contribution >= 4 is 11.4 Å². The number of hydrogen-bond acceptors (Lipinski definition) is 3. The van der Waals surface area contributed by atoms with Crippen LogP contribution in [0.4, 0.5) is 11.4 Å². The van der Waals surface area contributed by atoms with Crippen LogP contribution in [0.15, 0.2) is 12.1 Å². The number of rotatable bonds is 1. The lowest BCUT2D eigenvalue weighted by Crippen LogP contribution is -1.97. The Bertz CT molecular complexity index is 441. The van der Waals surface area contributed by atoms with Crippen LogP contribution in [0.25, 0.3) is 0 Å². The first-order valence-corrected chi connectivity index (χ1v) is 4.03. The molecular weight excluding hydrogens is 180 g/mol. The summed E-state index contributed by atoms with van der Waals surface area (Å²) in [5.74, 6) is 5.40. The predicted molar refractivity (Wildman–Crippen MR) is 54.8 cm³/mol. The molecule has 4 heteroatoms. The van der Waals surface area contributed by atoms with Crippen LogP contribution in [0.2, 0.25) is 0 Å². The van der Waals surface area contributed by atoms with Gasteiger partial charge < -0.3 is 5.73 Å². The van der Waals surface area contributed by atoms with Gasteiger partial charge in [0.15, 0.2) is 0 Å². The Morgan fingerprint density at radius 2 is 2.14 bits per heavy atom. The third-order valence-corrected chi connectivity index (χ3v) is 1.84. The number of nitro benzene ring substituents is 1. The fourth-order valence-corrected chi connectivity index (χ4v) is 1.12. The highest BCUT2D eigenvalue weighted by Gasteiger charge is 2.10. The minimum atomic E-state index is -0.451. The van der Waals surface area contributed by atoms with Gasteiger partial charge in [0, 0.05) is 12.1 Å². The second kappa shape index (κ2) is 3.79. The van der Waals surface area contributed by atoms with Crippen molar-refractivity contribution in [3.8, 4) is 11.8 Å². The molecule has 2 N–H and O–H groups in total. The van der Waals surface area contributed by atoms with Crippen molar-refractivity contribution in [2.45, 2.75) is 13.8 Å². The molecule has 14 heavy (non-hydrogen) atoms. The van der Waals surface area contributed by atoms with E-state index in [1.54, 1.807) is 13.8 Å². The van der Waals surface area contributed by atoms with Gasteiger partial charge in [0.1, 0.15) is 0 Å². The Balaban J connectivity index is 3.40. The minimum absolute atomic E-state index is 0.0226. The Morgan fingerprint density at radius 3 is 2.64 bits per heavy atom. The van der Waals surface area contributed by atoms with Gasteiger partial charge in [-0.1, -0.05) is 5.92 Å². The number of nitrogens with two attached hydrogens (primary N) is 1. The van der Waals surface area contributed by atoms with Gasteiger partial charge in [-0.3, -0.25) is 10.1 Å². The first kappa shape index (κ1) is 10.1. The van der Waals surface area contributed by atoms with E-state index < -0.39 is 4.92 Å². The normalized spacial score (nSPS) is 9.00. The van der Waals surface area contributed by atoms with Gasteiger partial charge in [0.05, 0.1) is 16.2 Å². The van der Waals surface area contributed by atoms with Crippen molar-refractivity contribution in [3.63, 3.8) is 0 Å². The van der Waals surface area contributed by atoms with Gasteiger partial charge in [-0.15, -0.1) is 5.92 Å². The molecule has 1 rings (SSSR count).